The third-order valence-electron chi connectivity index (χ3n) is 6.65. The first-order valence-electron chi connectivity index (χ1n) is 13.4. The van der Waals surface area contributed by atoms with Crippen LogP contribution in [0.25, 0.3) is 6.08 Å². The molecule has 214 valence electrons. The van der Waals surface area contributed by atoms with E-state index in [1.54, 1.807) is 37.3 Å². The third kappa shape index (κ3) is 6.08. The molecule has 1 aromatic heterocycles. The maximum absolute atomic E-state index is 13.9. The van der Waals surface area contributed by atoms with Gasteiger partial charge in [-0.3, -0.25) is 19.5 Å². The zero-order valence-corrected chi connectivity index (χ0v) is 24.2. The smallest absolute Gasteiger partial charge is 0.338 e. The van der Waals surface area contributed by atoms with Gasteiger partial charge in [0.2, 0.25) is 0 Å². The van der Waals surface area contributed by atoms with Gasteiger partial charge in [0.25, 0.3) is 11.2 Å². The normalized spacial score (nSPS) is 14.9. The molecule has 3 aromatic carbocycles. The van der Waals surface area contributed by atoms with E-state index < -0.39 is 22.5 Å². The first-order valence-corrected chi connectivity index (χ1v) is 14.2. The van der Waals surface area contributed by atoms with E-state index in [9.17, 15) is 19.7 Å². The molecule has 2 heterocycles. The Labute approximate surface area is 245 Å². The summed E-state index contributed by atoms with van der Waals surface area (Å²) in [6.45, 7) is 6.22. The van der Waals surface area contributed by atoms with Crippen LogP contribution in [0.3, 0.4) is 0 Å². The minimum Gasteiger partial charge on any atom is -0.489 e. The molecule has 0 N–H and O–H groups in total. The Morgan fingerprint density at radius 3 is 2.45 bits per heavy atom. The number of ether oxygens (including phenoxy) is 2. The lowest BCUT2D eigenvalue weighted by molar-refractivity contribution is -0.385. The van der Waals surface area contributed by atoms with Crippen LogP contribution in [0.15, 0.2) is 99.9 Å². The Kier molecular flexibility index (Phi) is 8.44. The number of carbonyl (C=O) groups is 1. The Morgan fingerprint density at radius 2 is 1.76 bits per heavy atom. The second-order valence-electron chi connectivity index (χ2n) is 10.2. The number of nitrogens with zero attached hydrogens (tertiary/aromatic N) is 3. The Bertz CT molecular complexity index is 1840. The van der Waals surface area contributed by atoms with Gasteiger partial charge in [-0.25, -0.2) is 9.79 Å². The molecule has 0 fully saturated rings. The van der Waals surface area contributed by atoms with Gasteiger partial charge in [0.1, 0.15) is 12.4 Å². The summed E-state index contributed by atoms with van der Waals surface area (Å²) in [5.74, 6) is 0.209. The summed E-state index contributed by atoms with van der Waals surface area (Å²) in [6, 6.07) is 22.4. The van der Waals surface area contributed by atoms with Crippen LogP contribution in [0.1, 0.15) is 43.5 Å². The van der Waals surface area contributed by atoms with Crippen LogP contribution in [-0.2, 0) is 16.1 Å². The second-order valence-corrected chi connectivity index (χ2v) is 11.2. The van der Waals surface area contributed by atoms with Crippen molar-refractivity contribution in [3.8, 4) is 5.75 Å². The molecule has 42 heavy (non-hydrogen) atoms. The number of thiazole rings is 1. The van der Waals surface area contributed by atoms with Crippen LogP contribution in [-0.4, -0.2) is 22.1 Å². The van der Waals surface area contributed by atoms with Crippen LogP contribution >= 0.6 is 11.3 Å². The lowest BCUT2D eigenvalue weighted by atomic mass is 9.96. The van der Waals surface area contributed by atoms with Crippen molar-refractivity contribution >= 4 is 29.1 Å². The van der Waals surface area contributed by atoms with Gasteiger partial charge in [0.05, 0.1) is 38.9 Å². The third-order valence-corrected chi connectivity index (χ3v) is 7.64. The molecular formula is C32H29N3O6S. The van der Waals surface area contributed by atoms with E-state index in [4.69, 9.17) is 9.47 Å². The van der Waals surface area contributed by atoms with Crippen LogP contribution in [0, 0.1) is 16.0 Å². The molecule has 0 spiro atoms. The van der Waals surface area contributed by atoms with Gasteiger partial charge in [-0.1, -0.05) is 79.8 Å². The molecule has 5 rings (SSSR count). The molecule has 0 bridgehead atoms. The molecule has 0 aliphatic carbocycles. The number of nitro groups is 1. The van der Waals surface area contributed by atoms with Gasteiger partial charge in [-0.2, -0.15) is 0 Å². The fourth-order valence-corrected chi connectivity index (χ4v) is 5.66. The number of carbonyl (C=O) groups excluding carboxylic acids is 1. The summed E-state index contributed by atoms with van der Waals surface area (Å²) in [4.78, 5) is 43.3. The lowest BCUT2D eigenvalue weighted by Gasteiger charge is -2.25. The number of nitro benzene ring substituents is 1. The molecule has 10 heteroatoms. The monoisotopic (exact) mass is 583 g/mol. The Hall–Kier alpha value is -4.83. The highest BCUT2D eigenvalue weighted by molar-refractivity contribution is 7.07. The molecule has 0 saturated heterocycles. The minimum absolute atomic E-state index is 0.111. The maximum atomic E-state index is 13.9. The number of hydrogen-bond acceptors (Lipinski definition) is 8. The van der Waals surface area contributed by atoms with Crippen LogP contribution in [0.2, 0.25) is 0 Å². The summed E-state index contributed by atoms with van der Waals surface area (Å²) >= 11 is 1.11. The number of aromatic nitrogens is 1. The summed E-state index contributed by atoms with van der Waals surface area (Å²) in [5, 5.41) is 11.6. The largest absolute Gasteiger partial charge is 0.489 e. The van der Waals surface area contributed by atoms with Gasteiger partial charge in [-0.05, 0) is 48.2 Å². The van der Waals surface area contributed by atoms with Gasteiger partial charge >= 0.3 is 5.97 Å². The average molecular weight is 584 g/mol. The topological polar surface area (TPSA) is 113 Å². The molecule has 1 aliphatic heterocycles. The predicted octanol–water partition coefficient (Wildman–Crippen LogP) is 4.92. The zero-order chi connectivity index (χ0) is 29.8. The van der Waals surface area contributed by atoms with Crippen LogP contribution in [0.5, 0.6) is 5.75 Å². The first kappa shape index (κ1) is 28.7. The van der Waals surface area contributed by atoms with Gasteiger partial charge in [0.15, 0.2) is 4.80 Å². The van der Waals surface area contributed by atoms with E-state index >= 15 is 0 Å². The Morgan fingerprint density at radius 1 is 1.07 bits per heavy atom. The minimum atomic E-state index is -0.808. The average Bonchev–Trinajstić information content (AvgIpc) is 3.29. The van der Waals surface area contributed by atoms with E-state index in [-0.39, 0.29) is 28.3 Å². The maximum Gasteiger partial charge on any atom is 0.338 e. The van der Waals surface area contributed by atoms with Gasteiger partial charge in [-0.15, -0.1) is 0 Å². The highest BCUT2D eigenvalue weighted by Gasteiger charge is 2.33. The summed E-state index contributed by atoms with van der Waals surface area (Å²) < 4.78 is 13.3. The van der Waals surface area contributed by atoms with E-state index in [2.05, 4.69) is 4.99 Å². The highest BCUT2D eigenvalue weighted by Crippen LogP contribution is 2.32. The predicted molar refractivity (Wildman–Crippen MR) is 160 cm³/mol. The van der Waals surface area contributed by atoms with E-state index in [1.165, 1.54) is 16.7 Å². The van der Waals surface area contributed by atoms with Gasteiger partial charge in [0, 0.05) is 6.07 Å². The summed E-state index contributed by atoms with van der Waals surface area (Å²) in [6.07, 6.45) is 1.50. The molecule has 0 saturated carbocycles. The van der Waals surface area contributed by atoms with Crippen molar-refractivity contribution < 1.29 is 19.2 Å². The van der Waals surface area contributed by atoms with Crippen LogP contribution in [0.4, 0.5) is 5.69 Å². The number of para-hydroxylation sites is 1. The number of rotatable bonds is 9. The SMILES string of the molecule is CC1=C(C(=O)OCC(C)C)C(c2ccc(OCc3ccccc3)cc2)n2c(s/c(=C\c3ccccc3[N+](=O)[O-])c2=O)=N1. The molecule has 1 aliphatic rings. The molecule has 1 unspecified atom stereocenters. The molecule has 1 atom stereocenters. The fraction of sp³-hybridized carbons (Fsp3) is 0.219. The first-order chi connectivity index (χ1) is 20.2. The van der Waals surface area contributed by atoms with E-state index in [1.807, 2.05) is 56.3 Å². The molecular weight excluding hydrogens is 554 g/mol. The fourth-order valence-electron chi connectivity index (χ4n) is 4.62. The van der Waals surface area contributed by atoms with Crippen molar-refractivity contribution in [2.45, 2.75) is 33.4 Å². The Balaban J connectivity index is 1.58. The van der Waals surface area contributed by atoms with Crippen molar-refractivity contribution in [1.82, 2.24) is 4.57 Å². The van der Waals surface area contributed by atoms with Crippen molar-refractivity contribution in [3.63, 3.8) is 0 Å². The zero-order valence-electron chi connectivity index (χ0n) is 23.4. The lowest BCUT2D eigenvalue weighted by Crippen LogP contribution is -2.40. The van der Waals surface area contributed by atoms with Crippen molar-refractivity contribution in [2.24, 2.45) is 10.9 Å². The van der Waals surface area contributed by atoms with Crippen molar-refractivity contribution in [1.29, 1.82) is 0 Å². The number of fused-ring (bicyclic) bond motifs is 1. The number of esters is 1. The number of allylic oxidation sites excluding steroid dienone is 1. The summed E-state index contributed by atoms with van der Waals surface area (Å²) in [7, 11) is 0. The quantitative estimate of drug-likeness (QED) is 0.157. The van der Waals surface area contributed by atoms with Crippen molar-refractivity contribution in [2.75, 3.05) is 6.61 Å². The molecule has 9 nitrogen and oxygen atoms in total. The van der Waals surface area contributed by atoms with E-state index in [0.717, 1.165) is 16.9 Å². The second kappa shape index (κ2) is 12.4. The molecule has 4 aromatic rings. The van der Waals surface area contributed by atoms with Gasteiger partial charge < -0.3 is 9.47 Å². The molecule has 0 radical (unpaired) electrons. The van der Waals surface area contributed by atoms with Crippen molar-refractivity contribution in [3.05, 3.63) is 137 Å². The van der Waals surface area contributed by atoms with Crippen LogP contribution < -0.4 is 19.6 Å². The van der Waals surface area contributed by atoms with E-state index in [0.29, 0.717) is 34.0 Å². The number of hydrogen-bond donors (Lipinski definition) is 0. The molecule has 0 amide bonds. The highest BCUT2D eigenvalue weighted by atomic mass is 32.1. The summed E-state index contributed by atoms with van der Waals surface area (Å²) in [5.41, 5.74) is 2.19. The standard InChI is InChI=1S/C32H29N3O6S/c1-20(2)18-41-31(37)28-21(3)33-32-34(30(36)27(42-32)17-24-11-7-8-12-26(24)35(38)39)29(28)23-13-15-25(16-14-23)40-19-22-9-5-4-6-10-22/h4-17,20,29H,18-19H2,1-3H3/b27-17-. The number of benzene rings is 3.